The van der Waals surface area contributed by atoms with Crippen LogP contribution < -0.4 is 10.1 Å². The molecule has 1 aromatic carbocycles. The number of ether oxygens (including phenoxy) is 1. The number of aromatic nitrogens is 2. The van der Waals surface area contributed by atoms with Gasteiger partial charge in [0.25, 0.3) is 0 Å². The van der Waals surface area contributed by atoms with E-state index in [1.54, 1.807) is 12.1 Å². The van der Waals surface area contributed by atoms with Crippen LogP contribution in [-0.2, 0) is 0 Å². The molecule has 0 bridgehead atoms. The molecule has 0 aliphatic carbocycles. The van der Waals surface area contributed by atoms with Crippen LogP contribution in [0.2, 0.25) is 0 Å². The summed E-state index contributed by atoms with van der Waals surface area (Å²) in [6.45, 7) is 0.721. The monoisotopic (exact) mass is 403 g/mol. The first kappa shape index (κ1) is 18.2. The van der Waals surface area contributed by atoms with Crippen LogP contribution in [0.1, 0.15) is 25.7 Å². The van der Waals surface area contributed by atoms with Crippen LogP contribution in [0.4, 0.5) is 13.6 Å². The Bertz CT molecular complexity index is 722. The van der Waals surface area contributed by atoms with Crippen LogP contribution in [0.3, 0.4) is 0 Å². The van der Waals surface area contributed by atoms with Gasteiger partial charge in [0.05, 0.1) is 17.9 Å². The Morgan fingerprint density at radius 3 is 2.71 bits per heavy atom. The second-order valence-electron chi connectivity index (χ2n) is 5.37. The Kier molecular flexibility index (Phi) is 5.76. The fourth-order valence-corrected chi connectivity index (χ4v) is 2.57. The van der Waals surface area contributed by atoms with Gasteiger partial charge in [-0.05, 0) is 24.1 Å². The number of hydrogen-bond donors (Lipinski definition) is 3. The molecule has 6 nitrogen and oxygen atoms in total. The van der Waals surface area contributed by atoms with E-state index in [2.05, 4.69) is 36.0 Å². The highest BCUT2D eigenvalue weighted by Gasteiger charge is 2.22. The number of hydrogen-bond acceptors (Lipinski definition) is 3. The smallest absolute Gasteiger partial charge is 0.405 e. The largest absolute Gasteiger partial charge is 0.465 e. The van der Waals surface area contributed by atoms with Gasteiger partial charge < -0.3 is 20.1 Å². The molecule has 0 saturated heterocycles. The van der Waals surface area contributed by atoms with Gasteiger partial charge in [0.15, 0.2) is 0 Å². The molecule has 1 atom stereocenters. The number of amides is 1. The van der Waals surface area contributed by atoms with Crippen LogP contribution >= 0.6 is 15.9 Å². The highest BCUT2D eigenvalue weighted by molar-refractivity contribution is 9.10. The van der Waals surface area contributed by atoms with Crippen LogP contribution in [0, 0.1) is 5.92 Å². The van der Waals surface area contributed by atoms with E-state index in [0.717, 1.165) is 0 Å². The first-order chi connectivity index (χ1) is 11.3. The van der Waals surface area contributed by atoms with Crippen molar-refractivity contribution in [3.8, 4) is 17.0 Å². The zero-order valence-electron chi connectivity index (χ0n) is 12.9. The molecule has 0 fully saturated rings. The molecule has 0 spiro atoms. The minimum absolute atomic E-state index is 0.0122. The minimum Gasteiger partial charge on any atom is -0.465 e. The number of benzene rings is 1. The van der Waals surface area contributed by atoms with E-state index in [4.69, 9.17) is 5.11 Å². The van der Waals surface area contributed by atoms with Gasteiger partial charge in [-0.15, -0.1) is 0 Å². The molecule has 3 N–H and O–H groups in total. The van der Waals surface area contributed by atoms with Gasteiger partial charge in [0.1, 0.15) is 11.6 Å². The summed E-state index contributed by atoms with van der Waals surface area (Å²) >= 11 is 3.21. The Morgan fingerprint density at radius 1 is 1.42 bits per heavy atom. The van der Waals surface area contributed by atoms with E-state index in [0.29, 0.717) is 21.6 Å². The van der Waals surface area contributed by atoms with Crippen molar-refractivity contribution < 1.29 is 23.4 Å². The summed E-state index contributed by atoms with van der Waals surface area (Å²) in [5, 5.41) is 11.3. The van der Waals surface area contributed by atoms with E-state index in [1.165, 1.54) is 12.3 Å². The van der Waals surface area contributed by atoms with E-state index in [1.807, 2.05) is 13.8 Å². The predicted molar refractivity (Wildman–Crippen MR) is 87.1 cm³/mol. The molecule has 1 heterocycles. The lowest BCUT2D eigenvalue weighted by atomic mass is 10.0. The molecule has 1 amide bonds. The maximum atomic E-state index is 12.6. The number of nitrogens with one attached hydrogen (secondary N) is 2. The Hall–Kier alpha value is -2.16. The number of halogens is 3. The molecular weight excluding hydrogens is 388 g/mol. The Morgan fingerprint density at radius 2 is 2.12 bits per heavy atom. The van der Waals surface area contributed by atoms with Crippen molar-refractivity contribution in [2.45, 2.75) is 26.5 Å². The molecule has 1 unspecified atom stereocenters. The molecule has 2 aromatic rings. The second kappa shape index (κ2) is 7.61. The number of carbonyl (C=O) groups is 1. The molecule has 2 rings (SSSR count). The van der Waals surface area contributed by atoms with Crippen molar-refractivity contribution in [2.24, 2.45) is 5.92 Å². The Balaban J connectivity index is 2.38. The molecule has 1 aromatic heterocycles. The van der Waals surface area contributed by atoms with Gasteiger partial charge in [0, 0.05) is 10.0 Å². The summed E-state index contributed by atoms with van der Waals surface area (Å²) in [5.74, 6) is 0.331. The summed E-state index contributed by atoms with van der Waals surface area (Å²) < 4.78 is 30.3. The van der Waals surface area contributed by atoms with Crippen LogP contribution in [0.5, 0.6) is 5.75 Å². The lowest BCUT2D eigenvalue weighted by Gasteiger charge is -2.18. The van der Waals surface area contributed by atoms with Gasteiger partial charge in [-0.3, -0.25) is 0 Å². The number of alkyl halides is 2. The molecule has 9 heteroatoms. The summed E-state index contributed by atoms with van der Waals surface area (Å²) in [5.41, 5.74) is 0.848. The summed E-state index contributed by atoms with van der Waals surface area (Å²) in [6, 6.07) is 4.17. The predicted octanol–water partition coefficient (Wildman–Crippen LogP) is 4.41. The summed E-state index contributed by atoms with van der Waals surface area (Å²) in [6.07, 6.45) is 0.285. The average molecular weight is 404 g/mol. The fourth-order valence-electron chi connectivity index (χ4n) is 2.23. The fraction of sp³-hybridized carbons (Fsp3) is 0.333. The molecule has 0 radical (unpaired) electrons. The van der Waals surface area contributed by atoms with Gasteiger partial charge in [-0.2, -0.15) is 8.78 Å². The standard InChI is InChI=1S/C15H16BrF2N3O3/c1-7(2)12(21-15(22)23)13-19-6-10(20-13)9-4-3-8(16)5-11(9)24-14(17)18/h3-7,12,14,21H,1-2H3,(H,19,20)(H,22,23). The number of rotatable bonds is 6. The third kappa shape index (κ3) is 4.44. The average Bonchev–Trinajstić information content (AvgIpc) is 2.93. The third-order valence-corrected chi connectivity index (χ3v) is 3.78. The topological polar surface area (TPSA) is 87.2 Å². The van der Waals surface area contributed by atoms with E-state index < -0.39 is 18.7 Å². The second-order valence-corrected chi connectivity index (χ2v) is 6.29. The van der Waals surface area contributed by atoms with Gasteiger partial charge in [-0.25, -0.2) is 9.78 Å². The number of nitrogens with zero attached hydrogens (tertiary/aromatic N) is 1. The summed E-state index contributed by atoms with van der Waals surface area (Å²) in [7, 11) is 0. The zero-order valence-corrected chi connectivity index (χ0v) is 14.5. The summed E-state index contributed by atoms with van der Waals surface area (Å²) in [4.78, 5) is 18.1. The molecule has 24 heavy (non-hydrogen) atoms. The van der Waals surface area contributed by atoms with Crippen molar-refractivity contribution in [1.29, 1.82) is 0 Å². The quantitative estimate of drug-likeness (QED) is 0.666. The van der Waals surface area contributed by atoms with Crippen molar-refractivity contribution in [3.05, 3.63) is 34.7 Å². The number of H-pyrrole nitrogens is 1. The highest BCUT2D eigenvalue weighted by Crippen LogP contribution is 2.33. The zero-order chi connectivity index (χ0) is 17.9. The normalized spacial score (nSPS) is 12.5. The lowest BCUT2D eigenvalue weighted by molar-refractivity contribution is -0.0495. The van der Waals surface area contributed by atoms with Gasteiger partial charge in [0.2, 0.25) is 0 Å². The SMILES string of the molecule is CC(C)C(NC(=O)O)c1ncc(-c2ccc(Br)cc2OC(F)F)[nH]1. The Labute approximate surface area is 145 Å². The molecule has 0 saturated carbocycles. The van der Waals surface area contributed by atoms with Gasteiger partial charge in [-0.1, -0.05) is 29.8 Å². The maximum absolute atomic E-state index is 12.6. The third-order valence-electron chi connectivity index (χ3n) is 3.29. The van der Waals surface area contributed by atoms with Gasteiger partial charge >= 0.3 is 12.7 Å². The van der Waals surface area contributed by atoms with Crippen molar-refractivity contribution in [3.63, 3.8) is 0 Å². The molecule has 130 valence electrons. The molecule has 0 aliphatic heterocycles. The van der Waals surface area contributed by atoms with Crippen LogP contribution in [-0.4, -0.2) is 27.8 Å². The number of carboxylic acid groups (broad SMARTS) is 1. The van der Waals surface area contributed by atoms with Crippen molar-refractivity contribution in [1.82, 2.24) is 15.3 Å². The van der Waals surface area contributed by atoms with Crippen LogP contribution in [0.15, 0.2) is 28.9 Å². The van der Waals surface area contributed by atoms with Crippen molar-refractivity contribution in [2.75, 3.05) is 0 Å². The molecular formula is C15H16BrF2N3O3. The minimum atomic E-state index is -2.96. The van der Waals surface area contributed by atoms with Crippen LogP contribution in [0.25, 0.3) is 11.3 Å². The molecule has 0 aliphatic rings. The first-order valence-electron chi connectivity index (χ1n) is 7.07. The number of aromatic amines is 1. The van der Waals surface area contributed by atoms with E-state index >= 15 is 0 Å². The lowest BCUT2D eigenvalue weighted by Crippen LogP contribution is -2.31. The highest BCUT2D eigenvalue weighted by atomic mass is 79.9. The number of imidazole rings is 1. The first-order valence-corrected chi connectivity index (χ1v) is 7.86. The van der Waals surface area contributed by atoms with E-state index in [9.17, 15) is 13.6 Å². The maximum Gasteiger partial charge on any atom is 0.405 e. The van der Waals surface area contributed by atoms with E-state index in [-0.39, 0.29) is 11.7 Å². The van der Waals surface area contributed by atoms with Crippen molar-refractivity contribution >= 4 is 22.0 Å².